The van der Waals surface area contributed by atoms with Crippen molar-refractivity contribution in [2.45, 2.75) is 26.9 Å². The molecule has 0 spiro atoms. The van der Waals surface area contributed by atoms with Crippen LogP contribution in [-0.4, -0.2) is 30.3 Å². The molecule has 7 nitrogen and oxygen atoms in total. The normalized spacial score (nSPS) is 10.6. The molecule has 0 unspecified atom stereocenters. The maximum atomic E-state index is 5.88. The average Bonchev–Trinajstić information content (AvgIpc) is 2.69. The van der Waals surface area contributed by atoms with Gasteiger partial charge in [0.25, 0.3) is 0 Å². The minimum Gasteiger partial charge on any atom is -0.497 e. The Kier molecular flexibility index (Phi) is 6.39. The first-order valence-electron chi connectivity index (χ1n) is 9.36. The summed E-state index contributed by atoms with van der Waals surface area (Å²) >= 11 is 0. The van der Waals surface area contributed by atoms with E-state index in [0.29, 0.717) is 23.3 Å². The number of hydrogen-bond acceptors (Lipinski definition) is 7. The molecule has 0 radical (unpaired) electrons. The summed E-state index contributed by atoms with van der Waals surface area (Å²) in [6.07, 6.45) is 0.0739. The van der Waals surface area contributed by atoms with Crippen LogP contribution in [0.5, 0.6) is 17.2 Å². The molecule has 0 aliphatic carbocycles. The summed E-state index contributed by atoms with van der Waals surface area (Å²) in [5.41, 5.74) is 2.40. The van der Waals surface area contributed by atoms with E-state index in [1.807, 2.05) is 63.2 Å². The zero-order valence-corrected chi connectivity index (χ0v) is 17.3. The first-order valence-corrected chi connectivity index (χ1v) is 9.36. The Morgan fingerprint density at radius 2 is 1.59 bits per heavy atom. The van der Waals surface area contributed by atoms with E-state index < -0.39 is 0 Å². The van der Waals surface area contributed by atoms with Gasteiger partial charge < -0.3 is 24.8 Å². The highest BCUT2D eigenvalue weighted by molar-refractivity contribution is 5.67. The second kappa shape index (κ2) is 9.14. The number of hydrogen-bond donors (Lipinski definition) is 2. The number of nitrogens with one attached hydrogen (secondary N) is 2. The Morgan fingerprint density at radius 3 is 2.31 bits per heavy atom. The highest BCUT2D eigenvalue weighted by atomic mass is 16.5. The van der Waals surface area contributed by atoms with E-state index in [1.54, 1.807) is 20.3 Å². The fraction of sp³-hybridized carbons (Fsp3) is 0.273. The first-order chi connectivity index (χ1) is 14.0. The lowest BCUT2D eigenvalue weighted by Crippen LogP contribution is -2.08. The average molecular weight is 394 g/mol. The third-order valence-corrected chi connectivity index (χ3v) is 4.02. The lowest BCUT2D eigenvalue weighted by atomic mass is 10.2. The van der Waals surface area contributed by atoms with Gasteiger partial charge in [-0.2, -0.15) is 4.98 Å². The molecule has 7 heteroatoms. The molecule has 152 valence electrons. The Labute approximate surface area is 171 Å². The molecule has 0 amide bonds. The monoisotopic (exact) mass is 394 g/mol. The smallest absolute Gasteiger partial charge is 0.229 e. The van der Waals surface area contributed by atoms with E-state index in [1.165, 1.54) is 0 Å². The third-order valence-electron chi connectivity index (χ3n) is 4.02. The molecule has 3 rings (SSSR count). The Balaban J connectivity index is 1.86. The predicted octanol–water partition coefficient (Wildman–Crippen LogP) is 5.08. The van der Waals surface area contributed by atoms with Crippen molar-refractivity contribution >= 4 is 23.1 Å². The fourth-order valence-corrected chi connectivity index (χ4v) is 2.78. The summed E-state index contributed by atoms with van der Waals surface area (Å²) in [6, 6.07) is 15.2. The van der Waals surface area contributed by atoms with E-state index in [4.69, 9.17) is 14.2 Å². The molecule has 3 aromatic rings. The van der Waals surface area contributed by atoms with Gasteiger partial charge >= 0.3 is 0 Å². The van der Waals surface area contributed by atoms with Crippen LogP contribution in [0.25, 0.3) is 0 Å². The zero-order chi connectivity index (χ0) is 20.8. The zero-order valence-electron chi connectivity index (χ0n) is 17.3. The van der Waals surface area contributed by atoms with Gasteiger partial charge in [-0.1, -0.05) is 12.1 Å². The van der Waals surface area contributed by atoms with Gasteiger partial charge in [-0.05, 0) is 45.0 Å². The molecule has 0 saturated heterocycles. The van der Waals surface area contributed by atoms with Gasteiger partial charge in [0.1, 0.15) is 23.1 Å². The number of methoxy groups -OCH3 is 2. The second-order valence-electron chi connectivity index (χ2n) is 6.70. The summed E-state index contributed by atoms with van der Waals surface area (Å²) < 4.78 is 16.6. The number of ether oxygens (including phenoxy) is 3. The van der Waals surface area contributed by atoms with Crippen LogP contribution < -0.4 is 24.8 Å². The molecule has 2 aromatic carbocycles. The molecular weight excluding hydrogens is 368 g/mol. The highest BCUT2D eigenvalue weighted by Gasteiger charge is 2.10. The van der Waals surface area contributed by atoms with Crippen molar-refractivity contribution in [2.24, 2.45) is 0 Å². The molecule has 0 bridgehead atoms. The molecule has 0 aliphatic heterocycles. The summed E-state index contributed by atoms with van der Waals surface area (Å²) in [5, 5.41) is 6.54. The van der Waals surface area contributed by atoms with Crippen molar-refractivity contribution in [3.05, 3.63) is 54.2 Å². The minimum absolute atomic E-state index is 0.0739. The molecular formula is C22H26N4O3. The highest BCUT2D eigenvalue weighted by Crippen LogP contribution is 2.32. The Bertz CT molecular complexity index is 976. The van der Waals surface area contributed by atoms with Gasteiger partial charge in [0, 0.05) is 17.8 Å². The van der Waals surface area contributed by atoms with Gasteiger partial charge in [-0.15, -0.1) is 0 Å². The standard InChI is InChI=1S/C22H26N4O3/c1-14(2)29-19-9-7-6-8-17(19)24-21-12-15(3)23-22(26-21)25-18-11-10-16(27-4)13-20(18)28-5/h6-14H,1-5H3,(H2,23,24,25,26). The minimum atomic E-state index is 0.0739. The van der Waals surface area contributed by atoms with Crippen molar-refractivity contribution in [3.63, 3.8) is 0 Å². The van der Waals surface area contributed by atoms with E-state index in [0.717, 1.165) is 22.8 Å². The maximum absolute atomic E-state index is 5.88. The number of benzene rings is 2. The van der Waals surface area contributed by atoms with Crippen molar-refractivity contribution in [2.75, 3.05) is 24.9 Å². The molecule has 1 heterocycles. The van der Waals surface area contributed by atoms with Crippen LogP contribution in [0, 0.1) is 6.92 Å². The van der Waals surface area contributed by atoms with Crippen LogP contribution in [0.1, 0.15) is 19.5 Å². The Morgan fingerprint density at radius 1 is 0.828 bits per heavy atom. The van der Waals surface area contributed by atoms with E-state index in [-0.39, 0.29) is 6.10 Å². The van der Waals surface area contributed by atoms with Crippen LogP contribution >= 0.6 is 0 Å². The fourth-order valence-electron chi connectivity index (χ4n) is 2.78. The van der Waals surface area contributed by atoms with Gasteiger partial charge in [-0.25, -0.2) is 4.98 Å². The van der Waals surface area contributed by atoms with E-state index in [2.05, 4.69) is 20.6 Å². The largest absolute Gasteiger partial charge is 0.497 e. The molecule has 0 aliphatic rings. The molecule has 29 heavy (non-hydrogen) atoms. The predicted molar refractivity (Wildman–Crippen MR) is 115 cm³/mol. The SMILES string of the molecule is COc1ccc(Nc2nc(C)cc(Nc3ccccc3OC(C)C)n2)c(OC)c1. The van der Waals surface area contributed by atoms with E-state index >= 15 is 0 Å². The lowest BCUT2D eigenvalue weighted by molar-refractivity contribution is 0.244. The number of aromatic nitrogens is 2. The van der Waals surface area contributed by atoms with Gasteiger partial charge in [0.15, 0.2) is 0 Å². The quantitative estimate of drug-likeness (QED) is 0.552. The maximum Gasteiger partial charge on any atom is 0.229 e. The summed E-state index contributed by atoms with van der Waals surface area (Å²) in [7, 11) is 3.22. The lowest BCUT2D eigenvalue weighted by Gasteiger charge is -2.16. The topological polar surface area (TPSA) is 77.5 Å². The van der Waals surface area contributed by atoms with Crippen molar-refractivity contribution in [3.8, 4) is 17.2 Å². The van der Waals surface area contributed by atoms with Gasteiger partial charge in [-0.3, -0.25) is 0 Å². The number of anilines is 4. The molecule has 1 aromatic heterocycles. The van der Waals surface area contributed by atoms with Crippen LogP contribution in [0.15, 0.2) is 48.5 Å². The van der Waals surface area contributed by atoms with Crippen LogP contribution in [0.3, 0.4) is 0 Å². The molecule has 0 saturated carbocycles. The Hall–Kier alpha value is -3.48. The van der Waals surface area contributed by atoms with Crippen molar-refractivity contribution in [1.29, 1.82) is 0 Å². The van der Waals surface area contributed by atoms with Crippen LogP contribution in [-0.2, 0) is 0 Å². The number of rotatable bonds is 8. The first kappa shape index (κ1) is 20.3. The molecule has 0 atom stereocenters. The van der Waals surface area contributed by atoms with Crippen molar-refractivity contribution in [1.82, 2.24) is 9.97 Å². The third kappa shape index (κ3) is 5.28. The van der Waals surface area contributed by atoms with Gasteiger partial charge in [0.05, 0.1) is 31.7 Å². The second-order valence-corrected chi connectivity index (χ2v) is 6.70. The van der Waals surface area contributed by atoms with Crippen LogP contribution in [0.4, 0.5) is 23.1 Å². The van der Waals surface area contributed by atoms with Gasteiger partial charge in [0.2, 0.25) is 5.95 Å². The number of aryl methyl sites for hydroxylation is 1. The van der Waals surface area contributed by atoms with Crippen molar-refractivity contribution < 1.29 is 14.2 Å². The van der Waals surface area contributed by atoms with E-state index in [9.17, 15) is 0 Å². The summed E-state index contributed by atoms with van der Waals surface area (Å²) in [6.45, 7) is 5.91. The summed E-state index contributed by atoms with van der Waals surface area (Å²) in [4.78, 5) is 9.07. The molecule has 2 N–H and O–H groups in total. The number of para-hydroxylation sites is 2. The number of nitrogens with zero attached hydrogens (tertiary/aromatic N) is 2. The molecule has 0 fully saturated rings. The van der Waals surface area contributed by atoms with Crippen LogP contribution in [0.2, 0.25) is 0 Å². The summed E-state index contributed by atoms with van der Waals surface area (Å²) in [5.74, 6) is 3.23.